The van der Waals surface area contributed by atoms with Crippen molar-refractivity contribution in [2.24, 2.45) is 0 Å². The number of benzene rings is 1. The number of nitrogens with zero attached hydrogens (tertiary/aromatic N) is 2. The molecule has 0 fully saturated rings. The third kappa shape index (κ3) is 7.14. The van der Waals surface area contributed by atoms with Crippen LogP contribution in [0.1, 0.15) is 40.0 Å². The summed E-state index contributed by atoms with van der Waals surface area (Å²) in [5.41, 5.74) is 0.185. The lowest BCUT2D eigenvalue weighted by Gasteiger charge is -2.28. The number of carbonyl (C=O) groups excluding carboxylic acids is 3. The first-order chi connectivity index (χ1) is 14.2. The van der Waals surface area contributed by atoms with Crippen LogP contribution in [0.3, 0.4) is 0 Å². The minimum atomic E-state index is -0.376. The van der Waals surface area contributed by atoms with Crippen LogP contribution in [0.4, 0.5) is 10.8 Å². The maximum atomic E-state index is 12.9. The molecule has 30 heavy (non-hydrogen) atoms. The summed E-state index contributed by atoms with van der Waals surface area (Å²) in [5.74, 6) is -0.243. The molecule has 8 nitrogen and oxygen atoms in total. The van der Waals surface area contributed by atoms with E-state index in [1.54, 1.807) is 43.0 Å². The highest BCUT2D eigenvalue weighted by Gasteiger charge is 2.24. The van der Waals surface area contributed by atoms with Crippen molar-refractivity contribution < 1.29 is 19.1 Å². The summed E-state index contributed by atoms with van der Waals surface area (Å²) in [6, 6.07) is 6.87. The molecule has 0 aliphatic rings. The average Bonchev–Trinajstić information content (AvgIpc) is 3.23. The van der Waals surface area contributed by atoms with Crippen molar-refractivity contribution in [2.75, 3.05) is 23.9 Å². The van der Waals surface area contributed by atoms with E-state index >= 15 is 0 Å². The predicted octanol–water partition coefficient (Wildman–Crippen LogP) is 3.21. The fourth-order valence-corrected chi connectivity index (χ4v) is 3.10. The zero-order valence-electron chi connectivity index (χ0n) is 17.7. The Morgan fingerprint density at radius 1 is 1.13 bits per heavy atom. The minimum absolute atomic E-state index is 0.00681. The fourth-order valence-electron chi connectivity index (χ4n) is 2.56. The van der Waals surface area contributed by atoms with Gasteiger partial charge in [0.05, 0.1) is 7.11 Å². The number of amides is 3. The molecule has 0 saturated heterocycles. The molecule has 2 aromatic rings. The summed E-state index contributed by atoms with van der Waals surface area (Å²) < 4.78 is 5.16. The highest BCUT2D eigenvalue weighted by atomic mass is 32.1. The number of thiazole rings is 1. The first kappa shape index (κ1) is 23.3. The molecule has 162 valence electrons. The van der Waals surface area contributed by atoms with E-state index < -0.39 is 0 Å². The second-order valence-electron chi connectivity index (χ2n) is 7.35. The van der Waals surface area contributed by atoms with Crippen molar-refractivity contribution >= 4 is 39.9 Å². The summed E-state index contributed by atoms with van der Waals surface area (Å²) in [5, 5.41) is 7.83. The van der Waals surface area contributed by atoms with Gasteiger partial charge in [-0.25, -0.2) is 4.98 Å². The van der Waals surface area contributed by atoms with Gasteiger partial charge in [-0.2, -0.15) is 0 Å². The molecule has 1 aromatic heterocycles. The molecule has 2 rings (SSSR count). The molecule has 0 unspecified atom stereocenters. The normalized spacial score (nSPS) is 10.9. The van der Waals surface area contributed by atoms with E-state index in [9.17, 15) is 14.4 Å². The number of hydrogen-bond acceptors (Lipinski definition) is 6. The van der Waals surface area contributed by atoms with Crippen molar-refractivity contribution in [1.82, 2.24) is 10.3 Å². The standard InChI is InChI=1S/C21H28N4O4S/c1-5-21(2,3)24-18(27)14-25(15-6-8-16(29-4)9-7-15)19(28)11-10-17(26)23-20-22-12-13-30-20/h6-9,12-13H,5,10-11,14H2,1-4H3,(H,24,27)(H,22,23,26). The molecule has 0 spiro atoms. The smallest absolute Gasteiger partial charge is 0.240 e. The molecular formula is C21H28N4O4S. The van der Waals surface area contributed by atoms with E-state index in [4.69, 9.17) is 4.74 Å². The molecule has 2 N–H and O–H groups in total. The van der Waals surface area contributed by atoms with E-state index in [1.165, 1.54) is 16.2 Å². The van der Waals surface area contributed by atoms with Crippen molar-refractivity contribution in [2.45, 2.75) is 45.6 Å². The quantitative estimate of drug-likeness (QED) is 0.600. The Labute approximate surface area is 180 Å². The number of aromatic nitrogens is 1. The van der Waals surface area contributed by atoms with Crippen molar-refractivity contribution in [3.05, 3.63) is 35.8 Å². The average molecular weight is 433 g/mol. The zero-order valence-corrected chi connectivity index (χ0v) is 18.5. The summed E-state index contributed by atoms with van der Waals surface area (Å²) >= 11 is 1.30. The van der Waals surface area contributed by atoms with E-state index in [1.807, 2.05) is 20.8 Å². The maximum absolute atomic E-state index is 12.9. The van der Waals surface area contributed by atoms with Crippen LogP contribution in [0.25, 0.3) is 0 Å². The zero-order chi connectivity index (χ0) is 22.1. The molecule has 9 heteroatoms. The Hall–Kier alpha value is -2.94. The molecule has 1 heterocycles. The summed E-state index contributed by atoms with van der Waals surface area (Å²) in [7, 11) is 1.55. The van der Waals surface area contributed by atoms with Gasteiger partial charge in [-0.1, -0.05) is 6.92 Å². The number of methoxy groups -OCH3 is 1. The Bertz CT molecular complexity index is 850. The van der Waals surface area contributed by atoms with Gasteiger partial charge >= 0.3 is 0 Å². The van der Waals surface area contributed by atoms with Gasteiger partial charge in [-0.05, 0) is 44.5 Å². The number of anilines is 2. The molecule has 0 aliphatic carbocycles. The van der Waals surface area contributed by atoms with Crippen LogP contribution in [0.15, 0.2) is 35.8 Å². The van der Waals surface area contributed by atoms with E-state index in [0.717, 1.165) is 6.42 Å². The summed E-state index contributed by atoms with van der Waals surface area (Å²) in [6.45, 7) is 5.69. The Kier molecular flexibility index (Phi) is 8.35. The van der Waals surface area contributed by atoms with Crippen LogP contribution < -0.4 is 20.3 Å². The minimum Gasteiger partial charge on any atom is -0.497 e. The lowest BCUT2D eigenvalue weighted by Crippen LogP contribution is -2.48. The van der Waals surface area contributed by atoms with Gasteiger partial charge in [0.25, 0.3) is 0 Å². The molecule has 0 aliphatic heterocycles. The van der Waals surface area contributed by atoms with Gasteiger partial charge in [0.15, 0.2) is 5.13 Å². The number of ether oxygens (including phenoxy) is 1. The maximum Gasteiger partial charge on any atom is 0.240 e. The molecule has 1 aromatic carbocycles. The largest absolute Gasteiger partial charge is 0.497 e. The lowest BCUT2D eigenvalue weighted by molar-refractivity contribution is -0.125. The van der Waals surface area contributed by atoms with Crippen LogP contribution >= 0.6 is 11.3 Å². The van der Waals surface area contributed by atoms with E-state index in [0.29, 0.717) is 16.6 Å². The van der Waals surface area contributed by atoms with Crippen LogP contribution in [0.5, 0.6) is 5.75 Å². The number of hydrogen-bond donors (Lipinski definition) is 2. The number of carbonyl (C=O) groups is 3. The SMILES string of the molecule is CCC(C)(C)NC(=O)CN(C(=O)CCC(=O)Nc1nccs1)c1ccc(OC)cc1. The monoisotopic (exact) mass is 432 g/mol. The third-order valence-corrected chi connectivity index (χ3v) is 5.28. The van der Waals surface area contributed by atoms with Gasteiger partial charge < -0.3 is 20.3 Å². The van der Waals surface area contributed by atoms with E-state index in [2.05, 4.69) is 15.6 Å². The first-order valence-electron chi connectivity index (χ1n) is 9.69. The third-order valence-electron chi connectivity index (χ3n) is 4.59. The second kappa shape index (κ2) is 10.7. The first-order valence-corrected chi connectivity index (χ1v) is 10.6. The fraction of sp³-hybridized carbons (Fsp3) is 0.429. The number of nitrogens with one attached hydrogen (secondary N) is 2. The second-order valence-corrected chi connectivity index (χ2v) is 8.24. The Morgan fingerprint density at radius 3 is 2.40 bits per heavy atom. The highest BCUT2D eigenvalue weighted by molar-refractivity contribution is 7.13. The van der Waals surface area contributed by atoms with Crippen LogP contribution in [0, 0.1) is 0 Å². The molecular weight excluding hydrogens is 404 g/mol. The van der Waals surface area contributed by atoms with Gasteiger partial charge in [0.2, 0.25) is 17.7 Å². The Morgan fingerprint density at radius 2 is 1.83 bits per heavy atom. The van der Waals surface area contributed by atoms with Crippen LogP contribution in [-0.2, 0) is 14.4 Å². The van der Waals surface area contributed by atoms with E-state index in [-0.39, 0.29) is 42.6 Å². The van der Waals surface area contributed by atoms with Gasteiger partial charge in [-0.3, -0.25) is 14.4 Å². The lowest BCUT2D eigenvalue weighted by atomic mass is 10.0. The number of rotatable bonds is 10. The molecule has 0 saturated carbocycles. The highest BCUT2D eigenvalue weighted by Crippen LogP contribution is 2.21. The molecule has 0 radical (unpaired) electrons. The molecule has 0 atom stereocenters. The van der Waals surface area contributed by atoms with Crippen molar-refractivity contribution in [3.8, 4) is 5.75 Å². The van der Waals surface area contributed by atoms with Crippen molar-refractivity contribution in [1.29, 1.82) is 0 Å². The summed E-state index contributed by atoms with van der Waals surface area (Å²) in [6.07, 6.45) is 2.31. The summed E-state index contributed by atoms with van der Waals surface area (Å²) in [4.78, 5) is 42.9. The Balaban J connectivity index is 2.07. The predicted molar refractivity (Wildman–Crippen MR) is 118 cm³/mol. The van der Waals surface area contributed by atoms with Gasteiger partial charge in [-0.15, -0.1) is 11.3 Å². The van der Waals surface area contributed by atoms with Crippen LogP contribution in [0.2, 0.25) is 0 Å². The van der Waals surface area contributed by atoms with Crippen molar-refractivity contribution in [3.63, 3.8) is 0 Å². The van der Waals surface area contributed by atoms with Crippen LogP contribution in [-0.4, -0.2) is 41.9 Å². The molecule has 0 bridgehead atoms. The van der Waals surface area contributed by atoms with Gasteiger partial charge in [0, 0.05) is 35.6 Å². The topological polar surface area (TPSA) is 101 Å². The van der Waals surface area contributed by atoms with Gasteiger partial charge in [0.1, 0.15) is 12.3 Å². The molecule has 3 amide bonds.